The zero-order chi connectivity index (χ0) is 11.7. The van der Waals surface area contributed by atoms with Crippen LogP contribution in [0.2, 0.25) is 0 Å². The van der Waals surface area contributed by atoms with Gasteiger partial charge in [-0.3, -0.25) is 0 Å². The summed E-state index contributed by atoms with van der Waals surface area (Å²) in [6, 6.07) is 0. The second kappa shape index (κ2) is 8.52. The van der Waals surface area contributed by atoms with Crippen LogP contribution in [0.5, 0.6) is 0 Å². The van der Waals surface area contributed by atoms with Crippen molar-refractivity contribution in [1.29, 1.82) is 0 Å². The first kappa shape index (κ1) is 14.2. The number of hydrogen-bond acceptors (Lipinski definition) is 0. The summed E-state index contributed by atoms with van der Waals surface area (Å²) in [6.45, 7) is 11.0. The highest BCUT2D eigenvalue weighted by Crippen LogP contribution is 2.22. The molecule has 0 aliphatic carbocycles. The molecule has 0 nitrogen and oxygen atoms in total. The van der Waals surface area contributed by atoms with Crippen molar-refractivity contribution in [3.8, 4) is 0 Å². The van der Waals surface area contributed by atoms with E-state index in [2.05, 4.69) is 58.9 Å². The molecule has 0 aliphatic heterocycles. The molecule has 0 amide bonds. The van der Waals surface area contributed by atoms with Crippen molar-refractivity contribution in [3.63, 3.8) is 0 Å². The largest absolute Gasteiger partial charge is 0.0910 e. The van der Waals surface area contributed by atoms with Crippen LogP contribution in [0.1, 0.15) is 53.9 Å². The Kier molecular flexibility index (Phi) is 8.08. The summed E-state index contributed by atoms with van der Waals surface area (Å²) in [7, 11) is 0. The maximum Gasteiger partial charge on any atom is 0.00109 e. The van der Waals surface area contributed by atoms with Gasteiger partial charge >= 0.3 is 0 Å². The van der Waals surface area contributed by atoms with E-state index < -0.39 is 0 Å². The predicted octanol–water partition coefficient (Wildman–Crippen LogP) is 5.28. The first-order chi connectivity index (χ1) is 7.17. The minimum absolute atomic E-state index is 0.595. The van der Waals surface area contributed by atoms with E-state index in [1.165, 1.54) is 11.1 Å². The van der Waals surface area contributed by atoms with Gasteiger partial charge in [0.15, 0.2) is 0 Å². The Hall–Kier alpha value is -0.780. The highest BCUT2D eigenvalue weighted by atomic mass is 14.1. The van der Waals surface area contributed by atoms with Gasteiger partial charge in [0, 0.05) is 5.92 Å². The molecule has 0 radical (unpaired) electrons. The van der Waals surface area contributed by atoms with Gasteiger partial charge in [-0.2, -0.15) is 0 Å². The quantitative estimate of drug-likeness (QED) is 0.518. The Morgan fingerprint density at radius 3 is 2.27 bits per heavy atom. The summed E-state index contributed by atoms with van der Waals surface area (Å²) in [4.78, 5) is 0. The number of rotatable bonds is 6. The third kappa shape index (κ3) is 5.61. The second-order valence-electron chi connectivity index (χ2n) is 4.06. The van der Waals surface area contributed by atoms with Crippen molar-refractivity contribution in [3.05, 3.63) is 35.5 Å². The fraction of sp³-hybridized carbons (Fsp3) is 0.600. The van der Waals surface area contributed by atoms with Crippen LogP contribution in [0.4, 0.5) is 0 Å². The number of hydrogen-bond donors (Lipinski definition) is 0. The van der Waals surface area contributed by atoms with Gasteiger partial charge in [0.25, 0.3) is 0 Å². The average molecular weight is 206 g/mol. The lowest BCUT2D eigenvalue weighted by Crippen LogP contribution is -1.99. The van der Waals surface area contributed by atoms with Crippen LogP contribution in [-0.2, 0) is 0 Å². The van der Waals surface area contributed by atoms with Crippen LogP contribution >= 0.6 is 0 Å². The first-order valence-corrected chi connectivity index (χ1v) is 6.11. The van der Waals surface area contributed by atoms with Gasteiger partial charge in [-0.15, -0.1) is 0 Å². The Bertz CT molecular complexity index is 241. The van der Waals surface area contributed by atoms with Crippen LogP contribution in [0, 0.1) is 5.92 Å². The van der Waals surface area contributed by atoms with Crippen molar-refractivity contribution in [2.24, 2.45) is 5.92 Å². The smallest absolute Gasteiger partial charge is 0.00109 e. The molecule has 0 fully saturated rings. The average Bonchev–Trinajstić information content (AvgIpc) is 2.26. The topological polar surface area (TPSA) is 0 Å². The van der Waals surface area contributed by atoms with E-state index in [0.29, 0.717) is 5.92 Å². The molecule has 0 saturated carbocycles. The molecule has 0 aliphatic rings. The molecule has 1 atom stereocenters. The molecule has 86 valence electrons. The molecule has 0 bridgehead atoms. The van der Waals surface area contributed by atoms with E-state index in [1.54, 1.807) is 0 Å². The zero-order valence-electron chi connectivity index (χ0n) is 11.0. The highest BCUT2D eigenvalue weighted by Gasteiger charge is 2.06. The Labute approximate surface area is 95.8 Å². The molecule has 0 saturated heterocycles. The van der Waals surface area contributed by atoms with Gasteiger partial charge in [0.1, 0.15) is 0 Å². The molecule has 0 heterocycles. The molecule has 0 aromatic rings. The molecular formula is C15H26. The third-order valence-corrected chi connectivity index (χ3v) is 2.98. The minimum Gasteiger partial charge on any atom is -0.0910 e. The van der Waals surface area contributed by atoms with Crippen molar-refractivity contribution < 1.29 is 0 Å². The Morgan fingerprint density at radius 2 is 1.80 bits per heavy atom. The summed E-state index contributed by atoms with van der Waals surface area (Å²) in [6.07, 6.45) is 12.5. The maximum absolute atomic E-state index is 2.31. The lowest BCUT2D eigenvalue weighted by Gasteiger charge is -2.14. The summed E-state index contributed by atoms with van der Waals surface area (Å²) in [5, 5.41) is 0. The maximum atomic E-state index is 2.31. The fourth-order valence-corrected chi connectivity index (χ4v) is 1.64. The zero-order valence-corrected chi connectivity index (χ0v) is 11.0. The lowest BCUT2D eigenvalue weighted by atomic mass is 9.91. The Morgan fingerprint density at radius 1 is 1.13 bits per heavy atom. The van der Waals surface area contributed by atoms with E-state index in [1.807, 2.05) is 0 Å². The molecule has 1 unspecified atom stereocenters. The normalized spacial score (nSPS) is 16.1. The summed E-state index contributed by atoms with van der Waals surface area (Å²) in [5.41, 5.74) is 3.07. The van der Waals surface area contributed by atoms with Gasteiger partial charge in [-0.05, 0) is 40.0 Å². The van der Waals surface area contributed by atoms with Gasteiger partial charge in [-0.25, -0.2) is 0 Å². The van der Waals surface area contributed by atoms with Gasteiger partial charge in [0.05, 0.1) is 0 Å². The predicted molar refractivity (Wildman–Crippen MR) is 71.0 cm³/mol. The van der Waals surface area contributed by atoms with E-state index >= 15 is 0 Å². The van der Waals surface area contributed by atoms with Crippen molar-refractivity contribution in [2.45, 2.75) is 53.9 Å². The standard InChI is InChI=1S/C15H26/c1-6-9-10-12-15(11-7-2)14(5)13(4)8-3/h7,9-11,15H,6,8,12H2,1-5H3. The molecule has 0 rings (SSSR count). The molecular weight excluding hydrogens is 180 g/mol. The van der Waals surface area contributed by atoms with Crippen LogP contribution in [0.15, 0.2) is 35.5 Å². The van der Waals surface area contributed by atoms with Crippen LogP contribution in [-0.4, -0.2) is 0 Å². The van der Waals surface area contributed by atoms with Crippen molar-refractivity contribution in [2.75, 3.05) is 0 Å². The summed E-state index contributed by atoms with van der Waals surface area (Å²) >= 11 is 0. The molecule has 15 heavy (non-hydrogen) atoms. The molecule has 0 heteroatoms. The van der Waals surface area contributed by atoms with Crippen LogP contribution in [0.3, 0.4) is 0 Å². The van der Waals surface area contributed by atoms with Gasteiger partial charge in [-0.1, -0.05) is 49.3 Å². The minimum atomic E-state index is 0.595. The van der Waals surface area contributed by atoms with E-state index in [-0.39, 0.29) is 0 Å². The highest BCUT2D eigenvalue weighted by molar-refractivity contribution is 5.18. The first-order valence-electron chi connectivity index (χ1n) is 6.11. The summed E-state index contributed by atoms with van der Waals surface area (Å²) in [5.74, 6) is 0.595. The Balaban J connectivity index is 4.59. The molecule has 0 N–H and O–H groups in total. The molecule has 0 aromatic heterocycles. The monoisotopic (exact) mass is 206 g/mol. The van der Waals surface area contributed by atoms with E-state index in [4.69, 9.17) is 0 Å². The SMILES string of the molecule is CC=CC(CC=CCC)C(C)=C(C)CC. The van der Waals surface area contributed by atoms with Crippen LogP contribution in [0.25, 0.3) is 0 Å². The van der Waals surface area contributed by atoms with E-state index in [0.717, 1.165) is 19.3 Å². The van der Waals surface area contributed by atoms with Crippen molar-refractivity contribution >= 4 is 0 Å². The number of allylic oxidation sites excluding steroid dienone is 6. The van der Waals surface area contributed by atoms with Crippen molar-refractivity contribution in [1.82, 2.24) is 0 Å². The molecule has 0 spiro atoms. The van der Waals surface area contributed by atoms with Gasteiger partial charge in [0.2, 0.25) is 0 Å². The lowest BCUT2D eigenvalue weighted by molar-refractivity contribution is 0.751. The van der Waals surface area contributed by atoms with Gasteiger partial charge < -0.3 is 0 Å². The second-order valence-corrected chi connectivity index (χ2v) is 4.06. The molecule has 0 aromatic carbocycles. The third-order valence-electron chi connectivity index (χ3n) is 2.98. The van der Waals surface area contributed by atoms with Crippen LogP contribution < -0.4 is 0 Å². The van der Waals surface area contributed by atoms with E-state index in [9.17, 15) is 0 Å². The fourth-order valence-electron chi connectivity index (χ4n) is 1.64. The summed E-state index contributed by atoms with van der Waals surface area (Å²) < 4.78 is 0.